The molecule has 1 saturated carbocycles. The summed E-state index contributed by atoms with van der Waals surface area (Å²) >= 11 is 0. The zero-order valence-corrected chi connectivity index (χ0v) is 28.0. The molecule has 0 radical (unpaired) electrons. The lowest BCUT2D eigenvalue weighted by Gasteiger charge is -2.16. The molecule has 4 N–H and O–H groups in total. The molecule has 1 fully saturated rings. The minimum atomic E-state index is -4.62. The van der Waals surface area contributed by atoms with Gasteiger partial charge in [0, 0.05) is 37.0 Å². The molecule has 0 saturated heterocycles. The largest absolute Gasteiger partial charge is 0.480 e. The molecule has 0 unspecified atom stereocenters. The average molecular weight is 722 g/mol. The van der Waals surface area contributed by atoms with Crippen LogP contribution in [0.15, 0.2) is 69.3 Å². The molecule has 0 spiro atoms. The van der Waals surface area contributed by atoms with Crippen molar-refractivity contribution in [3.8, 4) is 11.8 Å². The SMILES string of the molecule is Cc1c(C)n(C)c(=O)n(-c2ccc(C[C@H](NC(=O)c3cc(F)c(NS(=O)(=O)c4ccc(C(=O)NC5(C#N)CC5)cn4)cc3F)C(=O)O)cc2)c1=O. The summed E-state index contributed by atoms with van der Waals surface area (Å²) in [5.74, 6) is -6.22. The first-order valence-corrected chi connectivity index (χ1v) is 16.6. The molecule has 2 amide bonds. The molecule has 18 heteroatoms. The summed E-state index contributed by atoms with van der Waals surface area (Å²) in [6.45, 7) is 3.21. The van der Waals surface area contributed by atoms with E-state index in [4.69, 9.17) is 5.26 Å². The quantitative estimate of drug-likeness (QED) is 0.176. The Hall–Kier alpha value is -6.22. The van der Waals surface area contributed by atoms with Gasteiger partial charge in [0.25, 0.3) is 27.4 Å². The van der Waals surface area contributed by atoms with E-state index in [0.29, 0.717) is 41.8 Å². The number of amides is 2. The van der Waals surface area contributed by atoms with Crippen molar-refractivity contribution in [3.05, 3.63) is 115 Å². The van der Waals surface area contributed by atoms with Crippen molar-refractivity contribution < 1.29 is 36.7 Å². The highest BCUT2D eigenvalue weighted by molar-refractivity contribution is 7.92. The number of nitrogens with one attached hydrogen (secondary N) is 3. The molecule has 2 aromatic carbocycles. The number of carbonyl (C=O) groups excluding carboxylic acids is 2. The van der Waals surface area contributed by atoms with Crippen molar-refractivity contribution in [2.45, 2.75) is 49.7 Å². The fourth-order valence-electron chi connectivity index (χ4n) is 4.98. The fourth-order valence-corrected chi connectivity index (χ4v) is 5.97. The van der Waals surface area contributed by atoms with E-state index in [1.165, 1.54) is 35.9 Å². The molecule has 1 atom stereocenters. The number of benzene rings is 2. The minimum Gasteiger partial charge on any atom is -0.480 e. The molecule has 1 aliphatic carbocycles. The Labute approximate surface area is 288 Å². The van der Waals surface area contributed by atoms with E-state index in [1.54, 1.807) is 13.8 Å². The Bertz CT molecular complexity index is 2330. The van der Waals surface area contributed by atoms with Crippen LogP contribution in [0.1, 0.15) is 50.4 Å². The number of carbonyl (C=O) groups is 3. The molecule has 4 aromatic rings. The lowest BCUT2D eigenvalue weighted by molar-refractivity contribution is -0.139. The van der Waals surface area contributed by atoms with Crippen molar-refractivity contribution in [3.63, 3.8) is 0 Å². The number of aliphatic carboxylic acids is 1. The van der Waals surface area contributed by atoms with Gasteiger partial charge in [-0.1, -0.05) is 12.1 Å². The molecule has 2 aromatic heterocycles. The van der Waals surface area contributed by atoms with E-state index in [1.807, 2.05) is 10.8 Å². The van der Waals surface area contributed by atoms with E-state index in [0.717, 1.165) is 22.9 Å². The van der Waals surface area contributed by atoms with E-state index in [-0.39, 0.29) is 17.7 Å². The Morgan fingerprint density at radius 1 is 1.04 bits per heavy atom. The normalized spacial score (nSPS) is 13.8. The van der Waals surface area contributed by atoms with Crippen LogP contribution in [0.3, 0.4) is 0 Å². The molecule has 264 valence electrons. The van der Waals surface area contributed by atoms with E-state index in [9.17, 15) is 37.5 Å². The number of hydrogen-bond acceptors (Lipinski definition) is 9. The number of carboxylic acids is 1. The summed E-state index contributed by atoms with van der Waals surface area (Å²) in [5, 5.41) is 22.9. The standard InChI is InChI=1S/C33H29F2N7O8S/c1-17-18(2)41(3)32(48)42(30(17)45)21-7-4-19(5-8-21)12-26(31(46)47)38-29(44)22-13-24(35)25(14-23(22)34)40-51(49,50)27-9-6-20(15-37-27)28(43)39-33(16-36)10-11-33/h4-9,13-15,26,40H,10-12H2,1-3H3,(H,38,44)(H,39,43)(H,46,47)/t26-/m0/s1. The summed E-state index contributed by atoms with van der Waals surface area (Å²) < 4.78 is 59.8. The minimum absolute atomic E-state index is 0.0407. The highest BCUT2D eigenvalue weighted by atomic mass is 32.2. The summed E-state index contributed by atoms with van der Waals surface area (Å²) in [6, 6.07) is 8.92. The molecule has 15 nitrogen and oxygen atoms in total. The molecule has 2 heterocycles. The highest BCUT2D eigenvalue weighted by Crippen LogP contribution is 2.34. The molecule has 0 aliphatic heterocycles. The number of nitriles is 1. The summed E-state index contributed by atoms with van der Waals surface area (Å²) in [4.78, 5) is 66.4. The van der Waals surface area contributed by atoms with Gasteiger partial charge in [-0.25, -0.2) is 27.9 Å². The van der Waals surface area contributed by atoms with Crippen LogP contribution in [0.2, 0.25) is 0 Å². The van der Waals surface area contributed by atoms with Gasteiger partial charge >= 0.3 is 11.7 Å². The molecular weight excluding hydrogens is 692 g/mol. The monoisotopic (exact) mass is 721 g/mol. The van der Waals surface area contributed by atoms with E-state index in [2.05, 4.69) is 15.6 Å². The maximum absolute atomic E-state index is 15.1. The van der Waals surface area contributed by atoms with Crippen LogP contribution in [0.25, 0.3) is 5.69 Å². The van der Waals surface area contributed by atoms with Crippen LogP contribution in [0, 0.1) is 36.8 Å². The maximum Gasteiger partial charge on any atom is 0.335 e. The smallest absolute Gasteiger partial charge is 0.335 e. The second-order valence-corrected chi connectivity index (χ2v) is 13.5. The zero-order chi connectivity index (χ0) is 37.4. The first kappa shape index (κ1) is 36.1. The number of hydrogen-bond donors (Lipinski definition) is 4. The van der Waals surface area contributed by atoms with Crippen LogP contribution >= 0.6 is 0 Å². The highest BCUT2D eigenvalue weighted by Gasteiger charge is 2.44. The Kier molecular flexibility index (Phi) is 9.61. The molecule has 51 heavy (non-hydrogen) atoms. The predicted molar refractivity (Wildman–Crippen MR) is 176 cm³/mol. The second-order valence-electron chi connectivity index (χ2n) is 11.9. The van der Waals surface area contributed by atoms with Crippen molar-refractivity contribution in [1.82, 2.24) is 24.8 Å². The van der Waals surface area contributed by atoms with Gasteiger partial charge in [0.15, 0.2) is 5.03 Å². The van der Waals surface area contributed by atoms with Gasteiger partial charge in [0.05, 0.1) is 28.6 Å². The third kappa shape index (κ3) is 7.38. The number of pyridine rings is 1. The molecule has 5 rings (SSSR count). The van der Waals surface area contributed by atoms with Gasteiger partial charge in [0.2, 0.25) is 0 Å². The average Bonchev–Trinajstić information content (AvgIpc) is 3.87. The lowest BCUT2D eigenvalue weighted by Crippen LogP contribution is -2.42. The third-order valence-electron chi connectivity index (χ3n) is 8.42. The number of carboxylic acid groups (broad SMARTS) is 1. The van der Waals surface area contributed by atoms with Gasteiger partial charge in [0.1, 0.15) is 23.2 Å². The summed E-state index contributed by atoms with van der Waals surface area (Å²) in [7, 11) is -3.11. The van der Waals surface area contributed by atoms with Gasteiger partial charge in [-0.15, -0.1) is 0 Å². The van der Waals surface area contributed by atoms with Gasteiger partial charge in [-0.05, 0) is 62.6 Å². The van der Waals surface area contributed by atoms with Crippen LogP contribution < -0.4 is 26.6 Å². The van der Waals surface area contributed by atoms with Gasteiger partial charge < -0.3 is 20.3 Å². The van der Waals surface area contributed by atoms with Crippen LogP contribution in [0.5, 0.6) is 0 Å². The Balaban J connectivity index is 1.28. The summed E-state index contributed by atoms with van der Waals surface area (Å²) in [6.07, 6.45) is 1.56. The molecular formula is C33H29F2N7O8S. The topological polar surface area (TPSA) is 222 Å². The van der Waals surface area contributed by atoms with Crippen LogP contribution in [-0.4, -0.2) is 57.0 Å². The number of aromatic nitrogens is 3. The third-order valence-corrected chi connectivity index (χ3v) is 9.70. The zero-order valence-electron chi connectivity index (χ0n) is 27.2. The van der Waals surface area contributed by atoms with Crippen LogP contribution in [-0.2, 0) is 28.3 Å². The maximum atomic E-state index is 15.1. The van der Waals surface area contributed by atoms with Crippen molar-refractivity contribution >= 4 is 33.5 Å². The Morgan fingerprint density at radius 2 is 1.71 bits per heavy atom. The first-order chi connectivity index (χ1) is 24.0. The predicted octanol–water partition coefficient (Wildman–Crippen LogP) is 1.84. The van der Waals surface area contributed by atoms with E-state index >= 15 is 8.78 Å². The first-order valence-electron chi connectivity index (χ1n) is 15.1. The molecule has 0 bridgehead atoms. The number of rotatable bonds is 11. The van der Waals surface area contributed by atoms with Crippen LogP contribution in [0.4, 0.5) is 14.5 Å². The summed E-state index contributed by atoms with van der Waals surface area (Å²) in [5.41, 5.74) is -2.49. The fraction of sp³-hybridized carbons (Fsp3) is 0.242. The second kappa shape index (κ2) is 13.6. The van der Waals surface area contributed by atoms with Crippen molar-refractivity contribution in [2.75, 3.05) is 4.72 Å². The van der Waals surface area contributed by atoms with Gasteiger partial charge in [-0.3, -0.25) is 19.1 Å². The van der Waals surface area contributed by atoms with Crippen molar-refractivity contribution in [1.29, 1.82) is 5.26 Å². The lowest BCUT2D eigenvalue weighted by atomic mass is 10.0. The number of halogens is 2. The van der Waals surface area contributed by atoms with Gasteiger partial charge in [-0.2, -0.15) is 13.7 Å². The number of sulfonamides is 1. The molecule has 1 aliphatic rings. The van der Waals surface area contributed by atoms with E-state index < -0.39 is 78.5 Å². The number of anilines is 1. The number of nitrogens with zero attached hydrogens (tertiary/aromatic N) is 4. The van der Waals surface area contributed by atoms with Crippen molar-refractivity contribution in [2.24, 2.45) is 7.05 Å². The Morgan fingerprint density at radius 3 is 2.27 bits per heavy atom.